The molecule has 6 heteroatoms. The van der Waals surface area contributed by atoms with E-state index in [9.17, 15) is 18.8 Å². The molecule has 0 saturated heterocycles. The molecule has 126 valence electrons. The van der Waals surface area contributed by atoms with Gasteiger partial charge in [-0.05, 0) is 43.3 Å². The van der Waals surface area contributed by atoms with Gasteiger partial charge < -0.3 is 9.15 Å². The highest BCUT2D eigenvalue weighted by atomic mass is 19.1. The van der Waals surface area contributed by atoms with Crippen LogP contribution in [0.15, 0.2) is 63.8 Å². The summed E-state index contributed by atoms with van der Waals surface area (Å²) in [5.74, 6) is -1.93. The third-order valence-corrected chi connectivity index (χ3v) is 3.64. The number of ketones is 1. The molecule has 0 radical (unpaired) electrons. The maximum Gasteiger partial charge on any atom is 0.351 e. The lowest BCUT2D eigenvalue weighted by Gasteiger charge is -2.12. The molecular formula is C19H13FO5. The Morgan fingerprint density at radius 1 is 1.08 bits per heavy atom. The Balaban J connectivity index is 1.82. The first-order chi connectivity index (χ1) is 12.0. The van der Waals surface area contributed by atoms with Crippen LogP contribution in [0.4, 0.5) is 4.39 Å². The van der Waals surface area contributed by atoms with Crippen molar-refractivity contribution in [3.63, 3.8) is 0 Å². The summed E-state index contributed by atoms with van der Waals surface area (Å²) in [6, 6.07) is 13.0. The van der Waals surface area contributed by atoms with Gasteiger partial charge in [-0.2, -0.15) is 0 Å². The van der Waals surface area contributed by atoms with Gasteiger partial charge >= 0.3 is 11.6 Å². The van der Waals surface area contributed by atoms with Crippen molar-refractivity contribution in [2.24, 2.45) is 0 Å². The van der Waals surface area contributed by atoms with Crippen LogP contribution in [0, 0.1) is 5.82 Å². The summed E-state index contributed by atoms with van der Waals surface area (Å²) >= 11 is 0. The lowest BCUT2D eigenvalue weighted by molar-refractivity contribution is 0.0315. The zero-order valence-electron chi connectivity index (χ0n) is 13.2. The van der Waals surface area contributed by atoms with Gasteiger partial charge in [-0.1, -0.05) is 18.2 Å². The Hall–Kier alpha value is -3.28. The normalized spacial score (nSPS) is 11.9. The molecule has 0 bridgehead atoms. The number of benzene rings is 2. The van der Waals surface area contributed by atoms with Gasteiger partial charge in [0.15, 0.2) is 6.10 Å². The molecule has 0 saturated carbocycles. The van der Waals surface area contributed by atoms with Gasteiger partial charge in [0.05, 0.1) is 0 Å². The molecule has 1 aromatic heterocycles. The fourth-order valence-electron chi connectivity index (χ4n) is 2.33. The molecule has 1 atom stereocenters. The highest BCUT2D eigenvalue weighted by Gasteiger charge is 2.23. The standard InChI is InChI=1S/C19H13FO5/c1-11(17(21)12-6-8-14(20)9-7-12)24-18(22)15-10-13-4-2-3-5-16(13)25-19(15)23/h2-11H,1H3/t11-/m1/s1. The quantitative estimate of drug-likeness (QED) is 0.414. The lowest BCUT2D eigenvalue weighted by Crippen LogP contribution is -2.27. The second-order valence-electron chi connectivity index (χ2n) is 5.40. The summed E-state index contributed by atoms with van der Waals surface area (Å²) in [6.45, 7) is 1.38. The fourth-order valence-corrected chi connectivity index (χ4v) is 2.33. The molecule has 0 aliphatic heterocycles. The molecule has 0 N–H and O–H groups in total. The molecule has 0 spiro atoms. The summed E-state index contributed by atoms with van der Waals surface area (Å²) in [6.07, 6.45) is -1.14. The number of fused-ring (bicyclic) bond motifs is 1. The van der Waals surface area contributed by atoms with Crippen LogP contribution in [0.3, 0.4) is 0 Å². The van der Waals surface area contributed by atoms with E-state index < -0.39 is 29.3 Å². The van der Waals surface area contributed by atoms with Crippen molar-refractivity contribution in [1.82, 2.24) is 0 Å². The van der Waals surface area contributed by atoms with Crippen LogP contribution in [0.1, 0.15) is 27.6 Å². The third-order valence-electron chi connectivity index (χ3n) is 3.64. The first-order valence-electron chi connectivity index (χ1n) is 7.49. The summed E-state index contributed by atoms with van der Waals surface area (Å²) < 4.78 is 23.1. The van der Waals surface area contributed by atoms with Crippen molar-refractivity contribution in [2.75, 3.05) is 0 Å². The lowest BCUT2D eigenvalue weighted by atomic mass is 10.1. The Kier molecular flexibility index (Phi) is 4.43. The number of halogens is 1. The average Bonchev–Trinajstić information content (AvgIpc) is 2.61. The van der Waals surface area contributed by atoms with E-state index in [0.29, 0.717) is 11.0 Å². The smallest absolute Gasteiger partial charge is 0.351 e. The fraction of sp³-hybridized carbons (Fsp3) is 0.105. The monoisotopic (exact) mass is 340 g/mol. The van der Waals surface area contributed by atoms with Crippen LogP contribution in [0.5, 0.6) is 0 Å². The van der Waals surface area contributed by atoms with E-state index in [1.165, 1.54) is 25.1 Å². The summed E-state index contributed by atoms with van der Waals surface area (Å²) in [4.78, 5) is 36.4. The van der Waals surface area contributed by atoms with E-state index in [-0.39, 0.29) is 11.1 Å². The Morgan fingerprint density at radius 3 is 2.48 bits per heavy atom. The molecule has 1 heterocycles. The molecule has 25 heavy (non-hydrogen) atoms. The molecule has 0 unspecified atom stereocenters. The topological polar surface area (TPSA) is 73.6 Å². The number of rotatable bonds is 4. The molecule has 5 nitrogen and oxygen atoms in total. The van der Waals surface area contributed by atoms with Gasteiger partial charge in [0, 0.05) is 10.9 Å². The van der Waals surface area contributed by atoms with E-state index >= 15 is 0 Å². The molecule has 0 amide bonds. The zero-order chi connectivity index (χ0) is 18.0. The molecule has 0 fully saturated rings. The summed E-state index contributed by atoms with van der Waals surface area (Å²) in [5, 5.41) is 0.562. The maximum absolute atomic E-state index is 12.9. The van der Waals surface area contributed by atoms with Crippen molar-refractivity contribution < 1.29 is 23.1 Å². The minimum Gasteiger partial charge on any atom is -0.450 e. The first kappa shape index (κ1) is 16.6. The summed E-state index contributed by atoms with van der Waals surface area (Å²) in [5.41, 5.74) is -0.589. The van der Waals surface area contributed by atoms with Gasteiger partial charge in [0.1, 0.15) is 17.0 Å². The largest absolute Gasteiger partial charge is 0.450 e. The van der Waals surface area contributed by atoms with Gasteiger partial charge in [-0.3, -0.25) is 4.79 Å². The number of carbonyl (C=O) groups is 2. The first-order valence-corrected chi connectivity index (χ1v) is 7.49. The van der Waals surface area contributed by atoms with Gasteiger partial charge in [0.25, 0.3) is 0 Å². The van der Waals surface area contributed by atoms with Crippen LogP contribution >= 0.6 is 0 Å². The van der Waals surface area contributed by atoms with Gasteiger partial charge in [-0.15, -0.1) is 0 Å². The minimum atomic E-state index is -1.14. The predicted octanol–water partition coefficient (Wildman–Crippen LogP) is 3.36. The number of para-hydroxylation sites is 1. The highest BCUT2D eigenvalue weighted by Crippen LogP contribution is 2.14. The number of hydrogen-bond donors (Lipinski definition) is 0. The van der Waals surface area contributed by atoms with E-state index in [1.54, 1.807) is 24.3 Å². The van der Waals surface area contributed by atoms with Gasteiger partial charge in [-0.25, -0.2) is 14.0 Å². The van der Waals surface area contributed by atoms with Crippen molar-refractivity contribution in [1.29, 1.82) is 0 Å². The van der Waals surface area contributed by atoms with E-state index in [4.69, 9.17) is 9.15 Å². The number of Topliss-reactive ketones (excluding diaryl/α,β-unsaturated/α-hetero) is 1. The van der Waals surface area contributed by atoms with Crippen molar-refractivity contribution >= 4 is 22.7 Å². The van der Waals surface area contributed by atoms with E-state index in [1.807, 2.05) is 0 Å². The highest BCUT2D eigenvalue weighted by molar-refractivity contribution is 6.01. The molecule has 0 aliphatic rings. The molecule has 3 aromatic rings. The third kappa shape index (κ3) is 3.47. The SMILES string of the molecule is C[C@@H](OC(=O)c1cc2ccccc2oc1=O)C(=O)c1ccc(F)cc1. The maximum atomic E-state index is 12.9. The molecule has 0 aliphatic carbocycles. The Morgan fingerprint density at radius 2 is 1.76 bits per heavy atom. The van der Waals surface area contributed by atoms with Gasteiger partial charge in [0.2, 0.25) is 5.78 Å². The van der Waals surface area contributed by atoms with Crippen LogP contribution in [0.2, 0.25) is 0 Å². The van der Waals surface area contributed by atoms with Crippen molar-refractivity contribution in [3.8, 4) is 0 Å². The van der Waals surface area contributed by atoms with Crippen LogP contribution in [-0.2, 0) is 4.74 Å². The number of esters is 1. The van der Waals surface area contributed by atoms with Crippen LogP contribution < -0.4 is 5.63 Å². The number of hydrogen-bond acceptors (Lipinski definition) is 5. The summed E-state index contributed by atoms with van der Waals surface area (Å²) in [7, 11) is 0. The van der Waals surface area contributed by atoms with Crippen LogP contribution in [0.25, 0.3) is 11.0 Å². The molecule has 3 rings (SSSR count). The molecular weight excluding hydrogens is 327 g/mol. The Labute approximate surface area is 141 Å². The second-order valence-corrected chi connectivity index (χ2v) is 5.40. The van der Waals surface area contributed by atoms with E-state index in [2.05, 4.69) is 0 Å². The average molecular weight is 340 g/mol. The van der Waals surface area contributed by atoms with E-state index in [0.717, 1.165) is 12.1 Å². The molecule has 2 aromatic carbocycles. The second kappa shape index (κ2) is 6.68. The minimum absolute atomic E-state index is 0.201. The predicted molar refractivity (Wildman–Crippen MR) is 88.1 cm³/mol. The Bertz CT molecular complexity index is 1000. The number of carbonyl (C=O) groups excluding carboxylic acids is 2. The zero-order valence-corrected chi connectivity index (χ0v) is 13.2. The van der Waals surface area contributed by atoms with Crippen LogP contribution in [-0.4, -0.2) is 17.9 Å². The van der Waals surface area contributed by atoms with Crippen molar-refractivity contribution in [2.45, 2.75) is 13.0 Å². The van der Waals surface area contributed by atoms with Crippen molar-refractivity contribution in [3.05, 3.63) is 82.0 Å². The number of ether oxygens (including phenoxy) is 1.